The molecule has 1 saturated heterocycles. The van der Waals surface area contributed by atoms with Gasteiger partial charge >= 0.3 is 6.09 Å². The molecule has 1 aromatic rings. The van der Waals surface area contributed by atoms with Gasteiger partial charge in [-0.2, -0.15) is 0 Å². The molecule has 1 fully saturated rings. The van der Waals surface area contributed by atoms with E-state index >= 15 is 0 Å². The zero-order valence-electron chi connectivity index (χ0n) is 10.2. The Hall–Kier alpha value is -1.07. The van der Waals surface area contributed by atoms with E-state index in [2.05, 4.69) is 15.9 Å². The van der Waals surface area contributed by atoms with E-state index in [9.17, 15) is 4.79 Å². The number of rotatable bonds is 3. The summed E-state index contributed by atoms with van der Waals surface area (Å²) >= 11 is 3.40. The Morgan fingerprint density at radius 1 is 1.56 bits per heavy atom. The average Bonchev–Trinajstić information content (AvgIpc) is 2.33. The van der Waals surface area contributed by atoms with Crippen molar-refractivity contribution < 1.29 is 14.6 Å². The van der Waals surface area contributed by atoms with Crippen LogP contribution in [0.4, 0.5) is 10.5 Å². The van der Waals surface area contributed by atoms with E-state index in [1.807, 2.05) is 25.1 Å². The van der Waals surface area contributed by atoms with Crippen molar-refractivity contribution in [3.05, 3.63) is 28.2 Å². The topological polar surface area (TPSA) is 49.8 Å². The summed E-state index contributed by atoms with van der Waals surface area (Å²) in [5, 5.41) is 8.97. The van der Waals surface area contributed by atoms with Gasteiger partial charge in [-0.3, -0.25) is 4.90 Å². The number of amides is 1. The molecule has 0 radical (unpaired) electrons. The molecule has 0 saturated carbocycles. The lowest BCUT2D eigenvalue weighted by atomic mass is 10.0. The minimum absolute atomic E-state index is 0.120. The molecule has 1 heterocycles. The van der Waals surface area contributed by atoms with Gasteiger partial charge in [0.2, 0.25) is 0 Å². The number of ether oxygens (including phenoxy) is 1. The van der Waals surface area contributed by atoms with Crippen LogP contribution in [-0.2, 0) is 4.74 Å². The highest BCUT2D eigenvalue weighted by Gasteiger charge is 2.28. The van der Waals surface area contributed by atoms with Crippen LogP contribution in [0.25, 0.3) is 0 Å². The Balaban J connectivity index is 2.21. The second-order valence-electron chi connectivity index (χ2n) is 4.50. The number of aliphatic hydroxyl groups is 1. The van der Waals surface area contributed by atoms with Crippen LogP contribution < -0.4 is 4.90 Å². The molecule has 1 aliphatic rings. The van der Waals surface area contributed by atoms with Gasteiger partial charge in [-0.15, -0.1) is 0 Å². The zero-order chi connectivity index (χ0) is 13.1. The molecule has 5 heteroatoms. The van der Waals surface area contributed by atoms with Crippen LogP contribution in [0, 0.1) is 12.8 Å². The van der Waals surface area contributed by atoms with E-state index in [0.717, 1.165) is 15.7 Å². The molecule has 1 unspecified atom stereocenters. The molecule has 1 aliphatic heterocycles. The van der Waals surface area contributed by atoms with Crippen molar-refractivity contribution in [3.8, 4) is 0 Å². The smallest absolute Gasteiger partial charge is 0.414 e. The number of benzene rings is 1. The summed E-state index contributed by atoms with van der Waals surface area (Å²) in [7, 11) is 0. The number of halogens is 1. The molecule has 1 amide bonds. The third kappa shape index (κ3) is 2.84. The molecule has 1 atom stereocenters. The second-order valence-corrected chi connectivity index (χ2v) is 5.41. The molecule has 0 bridgehead atoms. The number of cyclic esters (lactones) is 1. The molecule has 18 heavy (non-hydrogen) atoms. The van der Waals surface area contributed by atoms with Crippen LogP contribution in [0.3, 0.4) is 0 Å². The maximum absolute atomic E-state index is 11.8. The van der Waals surface area contributed by atoms with Crippen molar-refractivity contribution in [2.45, 2.75) is 13.3 Å². The Morgan fingerprint density at radius 3 is 3.00 bits per heavy atom. The van der Waals surface area contributed by atoms with Gasteiger partial charge in [0.1, 0.15) is 0 Å². The van der Waals surface area contributed by atoms with E-state index in [1.54, 1.807) is 4.90 Å². The number of nitrogens with zero attached hydrogens (tertiary/aromatic N) is 1. The first-order chi connectivity index (χ1) is 8.61. The van der Waals surface area contributed by atoms with Crippen molar-refractivity contribution in [1.29, 1.82) is 0 Å². The molecule has 98 valence electrons. The first kappa shape index (κ1) is 13.4. The summed E-state index contributed by atoms with van der Waals surface area (Å²) in [5.74, 6) is 0.191. The molecule has 1 aromatic carbocycles. The van der Waals surface area contributed by atoms with E-state index in [-0.39, 0.29) is 18.6 Å². The highest BCUT2D eigenvalue weighted by Crippen LogP contribution is 2.27. The lowest BCUT2D eigenvalue weighted by Crippen LogP contribution is -2.43. The summed E-state index contributed by atoms with van der Waals surface area (Å²) in [6.07, 6.45) is 0.342. The molecule has 2 rings (SSSR count). The number of anilines is 1. The highest BCUT2D eigenvalue weighted by molar-refractivity contribution is 9.10. The quantitative estimate of drug-likeness (QED) is 0.933. The second kappa shape index (κ2) is 5.71. The van der Waals surface area contributed by atoms with Gasteiger partial charge in [0.15, 0.2) is 0 Å². The standard InChI is InChI=1S/C13H16BrNO3/c1-9-6-11(14)2-3-12(9)15-7-10(4-5-16)8-18-13(15)17/h2-3,6,10,16H,4-5,7-8H2,1H3. The lowest BCUT2D eigenvalue weighted by Gasteiger charge is -2.32. The summed E-state index contributed by atoms with van der Waals surface area (Å²) in [6, 6.07) is 5.78. The van der Waals surface area contributed by atoms with Crippen LogP contribution in [0.15, 0.2) is 22.7 Å². The van der Waals surface area contributed by atoms with Crippen molar-refractivity contribution in [2.75, 3.05) is 24.7 Å². The largest absolute Gasteiger partial charge is 0.449 e. The Morgan fingerprint density at radius 2 is 2.33 bits per heavy atom. The average molecular weight is 314 g/mol. The van der Waals surface area contributed by atoms with E-state index in [0.29, 0.717) is 19.6 Å². The van der Waals surface area contributed by atoms with Crippen LogP contribution >= 0.6 is 15.9 Å². The van der Waals surface area contributed by atoms with Gasteiger partial charge in [-0.05, 0) is 37.1 Å². The van der Waals surface area contributed by atoms with Crippen LogP contribution in [0.1, 0.15) is 12.0 Å². The molecular weight excluding hydrogens is 298 g/mol. The highest BCUT2D eigenvalue weighted by atomic mass is 79.9. The van der Waals surface area contributed by atoms with Gasteiger partial charge in [-0.25, -0.2) is 4.79 Å². The Kier molecular flexibility index (Phi) is 4.24. The first-order valence-corrected chi connectivity index (χ1v) is 6.72. The first-order valence-electron chi connectivity index (χ1n) is 5.93. The van der Waals surface area contributed by atoms with Gasteiger partial charge in [0, 0.05) is 23.5 Å². The van der Waals surface area contributed by atoms with Gasteiger partial charge in [0.25, 0.3) is 0 Å². The minimum Gasteiger partial charge on any atom is -0.449 e. The maximum Gasteiger partial charge on any atom is 0.414 e. The monoisotopic (exact) mass is 313 g/mol. The predicted molar refractivity (Wildman–Crippen MR) is 72.8 cm³/mol. The number of carbonyl (C=O) groups excluding carboxylic acids is 1. The van der Waals surface area contributed by atoms with Gasteiger partial charge in [0.05, 0.1) is 12.3 Å². The zero-order valence-corrected chi connectivity index (χ0v) is 11.8. The summed E-state index contributed by atoms with van der Waals surface area (Å²) in [4.78, 5) is 13.5. The third-order valence-electron chi connectivity index (χ3n) is 3.09. The molecule has 0 aliphatic carbocycles. The minimum atomic E-state index is -0.311. The van der Waals surface area contributed by atoms with E-state index in [1.165, 1.54) is 0 Å². The lowest BCUT2D eigenvalue weighted by molar-refractivity contribution is 0.104. The molecular formula is C13H16BrNO3. The number of hydrogen-bond acceptors (Lipinski definition) is 3. The summed E-state index contributed by atoms with van der Waals surface area (Å²) < 4.78 is 6.15. The number of aryl methyl sites for hydroxylation is 1. The van der Waals surface area contributed by atoms with E-state index in [4.69, 9.17) is 9.84 Å². The fourth-order valence-electron chi connectivity index (χ4n) is 2.13. The number of aliphatic hydroxyl groups excluding tert-OH is 1. The fourth-order valence-corrected chi connectivity index (χ4v) is 2.60. The molecule has 4 nitrogen and oxygen atoms in total. The van der Waals surface area contributed by atoms with Crippen molar-refractivity contribution >= 4 is 27.7 Å². The predicted octanol–water partition coefficient (Wildman–Crippen LogP) is 2.71. The molecule has 0 spiro atoms. The van der Waals surface area contributed by atoms with Crippen LogP contribution in [-0.4, -0.2) is 31.0 Å². The van der Waals surface area contributed by atoms with Gasteiger partial charge in [-0.1, -0.05) is 15.9 Å². The van der Waals surface area contributed by atoms with Crippen LogP contribution in [0.5, 0.6) is 0 Å². The SMILES string of the molecule is Cc1cc(Br)ccc1N1CC(CCO)COC1=O. The molecule has 1 N–H and O–H groups in total. The van der Waals surface area contributed by atoms with Crippen molar-refractivity contribution in [1.82, 2.24) is 0 Å². The van der Waals surface area contributed by atoms with Crippen molar-refractivity contribution in [2.24, 2.45) is 5.92 Å². The summed E-state index contributed by atoms with van der Waals surface area (Å²) in [6.45, 7) is 3.08. The van der Waals surface area contributed by atoms with E-state index < -0.39 is 0 Å². The maximum atomic E-state index is 11.8. The van der Waals surface area contributed by atoms with Crippen LogP contribution in [0.2, 0.25) is 0 Å². The Labute approximate surface area is 115 Å². The normalized spacial score (nSPS) is 19.8. The Bertz CT molecular complexity index is 450. The molecule has 0 aromatic heterocycles. The number of hydrogen-bond donors (Lipinski definition) is 1. The van der Waals surface area contributed by atoms with Crippen molar-refractivity contribution in [3.63, 3.8) is 0 Å². The van der Waals surface area contributed by atoms with Gasteiger partial charge < -0.3 is 9.84 Å². The summed E-state index contributed by atoms with van der Waals surface area (Å²) in [5.41, 5.74) is 1.89. The fraction of sp³-hybridized carbons (Fsp3) is 0.462. The third-order valence-corrected chi connectivity index (χ3v) is 3.58. The number of carbonyl (C=O) groups is 1.